The Morgan fingerprint density at radius 1 is 0.971 bits per heavy atom. The highest BCUT2D eigenvalue weighted by Gasteiger charge is 2.20. The Kier molecular flexibility index (Phi) is 5.93. The van der Waals surface area contributed by atoms with Crippen LogP contribution in [0.2, 0.25) is 0 Å². The van der Waals surface area contributed by atoms with Gasteiger partial charge in [0.2, 0.25) is 0 Å². The van der Waals surface area contributed by atoms with Crippen LogP contribution < -0.4 is 10.2 Å². The van der Waals surface area contributed by atoms with Crippen molar-refractivity contribution in [3.05, 3.63) is 60.9 Å². The number of hydrogen-bond acceptors (Lipinski definition) is 7. The molecule has 0 unspecified atom stereocenters. The summed E-state index contributed by atoms with van der Waals surface area (Å²) >= 11 is 0. The standard InChI is InChI=1S/C25H28N8O/c1-17(2)32-6-8-33(9-7-32)24-12-18(4-5-27-24)25(34)30-23-11-19-10-21(22-15-26-16-31(22)3)28-13-20(19)14-29-23/h4-5,10-17H,6-9H2,1-3H3,(H,29,30,34). The molecule has 4 aromatic heterocycles. The number of aromatic nitrogens is 5. The van der Waals surface area contributed by atoms with Crippen LogP contribution in [0, 0.1) is 0 Å². The number of carbonyl (C=O) groups excluding carboxylic acids is 1. The number of imidazole rings is 1. The van der Waals surface area contributed by atoms with Crippen molar-refractivity contribution < 1.29 is 4.79 Å². The topological polar surface area (TPSA) is 92.1 Å². The number of fused-ring (bicyclic) bond motifs is 1. The Morgan fingerprint density at radius 3 is 2.50 bits per heavy atom. The van der Waals surface area contributed by atoms with E-state index in [-0.39, 0.29) is 5.91 Å². The lowest BCUT2D eigenvalue weighted by Crippen LogP contribution is -2.49. The van der Waals surface area contributed by atoms with Crippen molar-refractivity contribution in [2.75, 3.05) is 36.4 Å². The number of carbonyl (C=O) groups is 1. The molecule has 1 fully saturated rings. The molecule has 0 aromatic carbocycles. The number of hydrogen-bond donors (Lipinski definition) is 1. The smallest absolute Gasteiger partial charge is 0.257 e. The van der Waals surface area contributed by atoms with Gasteiger partial charge in [-0.1, -0.05) is 0 Å². The van der Waals surface area contributed by atoms with Gasteiger partial charge in [0.25, 0.3) is 5.91 Å². The molecule has 174 valence electrons. The zero-order valence-electron chi connectivity index (χ0n) is 19.6. The van der Waals surface area contributed by atoms with Crippen molar-refractivity contribution in [1.29, 1.82) is 0 Å². The lowest BCUT2D eigenvalue weighted by atomic mass is 10.1. The molecule has 0 spiro atoms. The summed E-state index contributed by atoms with van der Waals surface area (Å²) in [6, 6.07) is 7.96. The van der Waals surface area contributed by atoms with Crippen LogP contribution in [0.1, 0.15) is 24.2 Å². The van der Waals surface area contributed by atoms with Gasteiger partial charge in [-0.2, -0.15) is 0 Å². The van der Waals surface area contributed by atoms with E-state index in [9.17, 15) is 4.79 Å². The number of pyridine rings is 3. The number of amides is 1. The van der Waals surface area contributed by atoms with E-state index in [2.05, 4.69) is 48.9 Å². The maximum absolute atomic E-state index is 13.0. The van der Waals surface area contributed by atoms with Crippen LogP contribution in [0.3, 0.4) is 0 Å². The summed E-state index contributed by atoms with van der Waals surface area (Å²) in [5.41, 5.74) is 2.29. The number of piperazine rings is 1. The SMILES string of the molecule is CC(C)N1CCN(c2cc(C(=O)Nc3cc4cc(-c5cncn5C)ncc4cn3)ccn2)CC1. The highest BCUT2D eigenvalue weighted by Crippen LogP contribution is 2.23. The zero-order chi connectivity index (χ0) is 23.7. The molecule has 0 aliphatic carbocycles. The van der Waals surface area contributed by atoms with E-state index in [0.29, 0.717) is 17.4 Å². The maximum Gasteiger partial charge on any atom is 0.257 e. The van der Waals surface area contributed by atoms with Crippen molar-refractivity contribution in [2.45, 2.75) is 19.9 Å². The predicted octanol–water partition coefficient (Wildman–Crippen LogP) is 3.21. The molecule has 34 heavy (non-hydrogen) atoms. The minimum absolute atomic E-state index is 0.211. The number of nitrogens with zero attached hydrogens (tertiary/aromatic N) is 7. The van der Waals surface area contributed by atoms with Gasteiger partial charge in [-0.25, -0.2) is 15.0 Å². The Balaban J connectivity index is 1.32. The average molecular weight is 457 g/mol. The molecule has 1 N–H and O–H groups in total. The summed E-state index contributed by atoms with van der Waals surface area (Å²) < 4.78 is 1.92. The Hall–Kier alpha value is -3.85. The second kappa shape index (κ2) is 9.18. The van der Waals surface area contributed by atoms with Crippen LogP contribution in [-0.2, 0) is 7.05 Å². The lowest BCUT2D eigenvalue weighted by Gasteiger charge is -2.37. The van der Waals surface area contributed by atoms with E-state index in [0.717, 1.165) is 54.2 Å². The second-order valence-corrected chi connectivity index (χ2v) is 8.85. The summed E-state index contributed by atoms with van der Waals surface area (Å²) in [6.45, 7) is 8.22. The molecule has 4 aromatic rings. The van der Waals surface area contributed by atoms with Crippen molar-refractivity contribution in [3.8, 4) is 11.4 Å². The molecule has 0 atom stereocenters. The molecule has 1 saturated heterocycles. The molecule has 1 aliphatic heterocycles. The third kappa shape index (κ3) is 4.47. The molecule has 9 heteroatoms. The summed E-state index contributed by atoms with van der Waals surface area (Å²) in [5, 5.41) is 4.76. The lowest BCUT2D eigenvalue weighted by molar-refractivity contribution is 0.102. The number of rotatable bonds is 5. The molecular weight excluding hydrogens is 428 g/mol. The molecule has 0 radical (unpaired) electrons. The minimum Gasteiger partial charge on any atom is -0.354 e. The molecule has 1 aliphatic rings. The minimum atomic E-state index is -0.211. The Morgan fingerprint density at radius 2 is 1.76 bits per heavy atom. The molecular formula is C25H28N8O. The molecule has 0 saturated carbocycles. The fraction of sp³-hybridized carbons (Fsp3) is 0.320. The monoisotopic (exact) mass is 456 g/mol. The van der Waals surface area contributed by atoms with Gasteiger partial charge in [0, 0.05) is 68.8 Å². The normalized spacial score (nSPS) is 14.6. The number of anilines is 2. The van der Waals surface area contributed by atoms with E-state index in [1.54, 1.807) is 37.2 Å². The first kappa shape index (κ1) is 22.0. The summed E-state index contributed by atoms with van der Waals surface area (Å²) in [4.78, 5) is 35.3. The van der Waals surface area contributed by atoms with Crippen LogP contribution >= 0.6 is 0 Å². The van der Waals surface area contributed by atoms with Gasteiger partial charge in [0.15, 0.2) is 0 Å². The quantitative estimate of drug-likeness (QED) is 0.493. The van der Waals surface area contributed by atoms with Crippen LogP contribution in [0.15, 0.2) is 55.4 Å². The van der Waals surface area contributed by atoms with E-state index >= 15 is 0 Å². The predicted molar refractivity (Wildman–Crippen MR) is 133 cm³/mol. The van der Waals surface area contributed by atoms with Gasteiger partial charge in [0.05, 0.1) is 23.9 Å². The van der Waals surface area contributed by atoms with Gasteiger partial charge in [-0.05, 0) is 43.5 Å². The Bertz CT molecular complexity index is 1320. The molecule has 5 heterocycles. The molecule has 0 bridgehead atoms. The number of nitrogens with one attached hydrogen (secondary N) is 1. The van der Waals surface area contributed by atoms with Gasteiger partial charge in [0.1, 0.15) is 11.6 Å². The van der Waals surface area contributed by atoms with Gasteiger partial charge in [-0.15, -0.1) is 0 Å². The van der Waals surface area contributed by atoms with Crippen molar-refractivity contribution in [2.24, 2.45) is 7.05 Å². The van der Waals surface area contributed by atoms with Gasteiger partial charge in [-0.3, -0.25) is 14.7 Å². The first-order valence-corrected chi connectivity index (χ1v) is 11.5. The Labute approximate surface area is 198 Å². The van der Waals surface area contributed by atoms with Crippen molar-refractivity contribution in [1.82, 2.24) is 29.4 Å². The van der Waals surface area contributed by atoms with E-state index in [1.165, 1.54) is 0 Å². The fourth-order valence-electron chi connectivity index (χ4n) is 4.24. The maximum atomic E-state index is 13.0. The second-order valence-electron chi connectivity index (χ2n) is 8.85. The number of aryl methyl sites for hydroxylation is 1. The van der Waals surface area contributed by atoms with Crippen molar-refractivity contribution >= 4 is 28.3 Å². The highest BCUT2D eigenvalue weighted by atomic mass is 16.1. The van der Waals surface area contributed by atoms with Gasteiger partial charge < -0.3 is 14.8 Å². The van der Waals surface area contributed by atoms with Crippen LogP contribution in [-0.4, -0.2) is 67.5 Å². The largest absolute Gasteiger partial charge is 0.354 e. The first-order chi connectivity index (χ1) is 16.5. The van der Waals surface area contributed by atoms with E-state index < -0.39 is 0 Å². The van der Waals surface area contributed by atoms with E-state index in [1.807, 2.05) is 29.8 Å². The molecule has 9 nitrogen and oxygen atoms in total. The van der Waals surface area contributed by atoms with Crippen molar-refractivity contribution in [3.63, 3.8) is 0 Å². The average Bonchev–Trinajstić information content (AvgIpc) is 3.29. The van der Waals surface area contributed by atoms with Gasteiger partial charge >= 0.3 is 0 Å². The van der Waals surface area contributed by atoms with E-state index in [4.69, 9.17) is 0 Å². The summed E-state index contributed by atoms with van der Waals surface area (Å²) in [5.74, 6) is 1.11. The fourth-order valence-corrected chi connectivity index (χ4v) is 4.24. The summed E-state index contributed by atoms with van der Waals surface area (Å²) in [6.07, 6.45) is 8.72. The van der Waals surface area contributed by atoms with Crippen LogP contribution in [0.5, 0.6) is 0 Å². The van der Waals surface area contributed by atoms with Crippen LogP contribution in [0.25, 0.3) is 22.2 Å². The first-order valence-electron chi connectivity index (χ1n) is 11.5. The molecule has 1 amide bonds. The molecule has 5 rings (SSSR count). The third-order valence-corrected chi connectivity index (χ3v) is 6.30. The zero-order valence-corrected chi connectivity index (χ0v) is 19.6. The van der Waals surface area contributed by atoms with Crippen LogP contribution in [0.4, 0.5) is 11.6 Å². The highest BCUT2D eigenvalue weighted by molar-refractivity contribution is 6.05. The third-order valence-electron chi connectivity index (χ3n) is 6.30. The summed E-state index contributed by atoms with van der Waals surface area (Å²) in [7, 11) is 1.93.